The Morgan fingerprint density at radius 1 is 0.923 bits per heavy atom. The molecule has 0 aromatic heterocycles. The van der Waals surface area contributed by atoms with Crippen molar-refractivity contribution in [2.45, 2.75) is 25.8 Å². The van der Waals surface area contributed by atoms with Gasteiger partial charge >= 0.3 is 0 Å². The normalized spacial score (nSPS) is 14.1. The minimum absolute atomic E-state index is 0.0636. The zero-order valence-corrected chi connectivity index (χ0v) is 15.1. The first-order chi connectivity index (χ1) is 12.7. The summed E-state index contributed by atoms with van der Waals surface area (Å²) in [6.07, 6.45) is 1.53. The van der Waals surface area contributed by atoms with Crippen LogP contribution in [0.3, 0.4) is 0 Å². The number of Topliss-reactive ketones (excluding diaryl/α,β-unsaturated/α-hetero) is 1. The average molecular weight is 341 g/mol. The molecule has 3 aromatic carbocycles. The minimum atomic E-state index is 0.0636. The van der Waals surface area contributed by atoms with Crippen LogP contribution in [0.2, 0.25) is 0 Å². The van der Waals surface area contributed by atoms with E-state index < -0.39 is 0 Å². The molecule has 1 atom stereocenters. The quantitative estimate of drug-likeness (QED) is 0.581. The Labute approximate surface area is 155 Å². The van der Waals surface area contributed by atoms with Gasteiger partial charge in [0.1, 0.15) is 0 Å². The number of rotatable bonds is 5. The fourth-order valence-electron chi connectivity index (χ4n) is 3.80. The van der Waals surface area contributed by atoms with Gasteiger partial charge in [-0.05, 0) is 30.5 Å². The fraction of sp³-hybridized carbons (Fsp3) is 0.208. The largest absolute Gasteiger partial charge is 0.363 e. The number of hydrogen-bond acceptors (Lipinski definition) is 2. The summed E-state index contributed by atoms with van der Waals surface area (Å²) in [6, 6.07) is 26.9. The highest BCUT2D eigenvalue weighted by Crippen LogP contribution is 2.37. The summed E-state index contributed by atoms with van der Waals surface area (Å²) in [6.45, 7) is 3.00. The Bertz CT molecular complexity index is 899. The van der Waals surface area contributed by atoms with Crippen molar-refractivity contribution in [2.24, 2.45) is 0 Å². The van der Waals surface area contributed by atoms with Crippen LogP contribution >= 0.6 is 0 Å². The van der Waals surface area contributed by atoms with Gasteiger partial charge in [0, 0.05) is 24.2 Å². The van der Waals surface area contributed by atoms with Crippen LogP contribution in [0.5, 0.6) is 0 Å². The molecule has 0 spiro atoms. The summed E-state index contributed by atoms with van der Waals surface area (Å²) in [5.41, 5.74) is 5.80. The van der Waals surface area contributed by atoms with Gasteiger partial charge in [0.2, 0.25) is 0 Å². The molecule has 1 heterocycles. The highest BCUT2D eigenvalue weighted by atomic mass is 16.1. The highest BCUT2D eigenvalue weighted by molar-refractivity contribution is 5.96. The molecule has 4 rings (SSSR count). The smallest absolute Gasteiger partial charge is 0.165 e. The lowest BCUT2D eigenvalue weighted by atomic mass is 9.96. The molecule has 0 bridgehead atoms. The summed E-state index contributed by atoms with van der Waals surface area (Å²) in [5, 5.41) is 0. The Balaban J connectivity index is 1.66. The lowest BCUT2D eigenvalue weighted by molar-refractivity contribution is 0.0973. The number of ketones is 1. The van der Waals surface area contributed by atoms with Gasteiger partial charge in [-0.25, -0.2) is 0 Å². The molecule has 1 aliphatic rings. The molecule has 3 aromatic rings. The van der Waals surface area contributed by atoms with Crippen molar-refractivity contribution in [3.8, 4) is 0 Å². The molecule has 2 heteroatoms. The summed E-state index contributed by atoms with van der Waals surface area (Å²) in [4.78, 5) is 15.4. The molecule has 0 radical (unpaired) electrons. The van der Waals surface area contributed by atoms with E-state index in [1.807, 2.05) is 37.3 Å². The second kappa shape index (κ2) is 7.17. The van der Waals surface area contributed by atoms with Crippen LogP contribution in [-0.4, -0.2) is 12.3 Å². The summed E-state index contributed by atoms with van der Waals surface area (Å²) < 4.78 is 0. The molecule has 2 nitrogen and oxygen atoms in total. The van der Waals surface area contributed by atoms with Gasteiger partial charge in [0.05, 0.1) is 6.04 Å². The first kappa shape index (κ1) is 16.6. The van der Waals surface area contributed by atoms with E-state index in [9.17, 15) is 4.79 Å². The molecular formula is C24H23NO. The summed E-state index contributed by atoms with van der Waals surface area (Å²) in [7, 11) is 0. The minimum Gasteiger partial charge on any atom is -0.363 e. The highest BCUT2D eigenvalue weighted by Gasteiger charge is 2.28. The summed E-state index contributed by atoms with van der Waals surface area (Å²) in [5.74, 6) is 0.197. The molecular weight excluding hydrogens is 318 g/mol. The Kier molecular flexibility index (Phi) is 4.57. The standard InChI is InChI=1S/C24H23NO/c1-18-11-13-21(14-12-18)24(26)17-23(19-7-3-2-4-8-19)25-16-15-20-9-5-6-10-22(20)25/h2-14,23H,15-17H2,1H3/t23-/m1/s1. The number of fused-ring (bicyclic) bond motifs is 1. The van der Waals surface area contributed by atoms with E-state index in [4.69, 9.17) is 0 Å². The van der Waals surface area contributed by atoms with Crippen LogP contribution in [0.25, 0.3) is 0 Å². The first-order valence-electron chi connectivity index (χ1n) is 9.22. The predicted molar refractivity (Wildman–Crippen MR) is 107 cm³/mol. The van der Waals surface area contributed by atoms with Gasteiger partial charge < -0.3 is 4.90 Å². The first-order valence-corrected chi connectivity index (χ1v) is 9.22. The van der Waals surface area contributed by atoms with Crippen LogP contribution in [0.1, 0.15) is 39.5 Å². The molecule has 0 amide bonds. The molecule has 130 valence electrons. The average Bonchev–Trinajstić information content (AvgIpc) is 3.11. The van der Waals surface area contributed by atoms with Crippen LogP contribution in [-0.2, 0) is 6.42 Å². The van der Waals surface area contributed by atoms with E-state index in [0.29, 0.717) is 6.42 Å². The molecule has 0 fully saturated rings. The Morgan fingerprint density at radius 3 is 2.38 bits per heavy atom. The number of nitrogens with zero attached hydrogens (tertiary/aromatic N) is 1. The third-order valence-electron chi connectivity index (χ3n) is 5.24. The summed E-state index contributed by atoms with van der Waals surface area (Å²) >= 11 is 0. The third kappa shape index (κ3) is 3.28. The lowest BCUT2D eigenvalue weighted by Crippen LogP contribution is -2.28. The zero-order valence-electron chi connectivity index (χ0n) is 15.1. The molecule has 0 aliphatic carbocycles. The number of aryl methyl sites for hydroxylation is 1. The molecule has 0 saturated heterocycles. The third-order valence-corrected chi connectivity index (χ3v) is 5.24. The van der Waals surface area contributed by atoms with E-state index >= 15 is 0 Å². The second-order valence-corrected chi connectivity index (χ2v) is 6.99. The number of benzene rings is 3. The van der Waals surface area contributed by atoms with Gasteiger partial charge in [-0.3, -0.25) is 4.79 Å². The maximum Gasteiger partial charge on any atom is 0.165 e. The number of anilines is 1. The van der Waals surface area contributed by atoms with Crippen molar-refractivity contribution in [1.82, 2.24) is 0 Å². The number of para-hydroxylation sites is 1. The van der Waals surface area contributed by atoms with Crippen LogP contribution in [0.4, 0.5) is 5.69 Å². The van der Waals surface area contributed by atoms with Gasteiger partial charge in [-0.2, -0.15) is 0 Å². The Hall–Kier alpha value is -2.87. The van der Waals surface area contributed by atoms with Crippen molar-refractivity contribution in [1.29, 1.82) is 0 Å². The van der Waals surface area contributed by atoms with Crippen molar-refractivity contribution in [3.05, 3.63) is 101 Å². The lowest BCUT2D eigenvalue weighted by Gasteiger charge is -2.30. The molecule has 26 heavy (non-hydrogen) atoms. The van der Waals surface area contributed by atoms with E-state index in [2.05, 4.69) is 53.4 Å². The fourth-order valence-corrected chi connectivity index (χ4v) is 3.80. The predicted octanol–water partition coefficient (Wildman–Crippen LogP) is 5.37. The second-order valence-electron chi connectivity index (χ2n) is 6.99. The van der Waals surface area contributed by atoms with Crippen LogP contribution in [0.15, 0.2) is 78.9 Å². The van der Waals surface area contributed by atoms with Gasteiger partial charge in [-0.1, -0.05) is 78.4 Å². The van der Waals surface area contributed by atoms with E-state index in [0.717, 1.165) is 18.5 Å². The van der Waals surface area contributed by atoms with Crippen molar-refractivity contribution >= 4 is 11.5 Å². The molecule has 0 saturated carbocycles. The van der Waals surface area contributed by atoms with Gasteiger partial charge in [-0.15, -0.1) is 0 Å². The van der Waals surface area contributed by atoms with Crippen molar-refractivity contribution < 1.29 is 4.79 Å². The Morgan fingerprint density at radius 2 is 1.62 bits per heavy atom. The van der Waals surface area contributed by atoms with E-state index in [-0.39, 0.29) is 11.8 Å². The van der Waals surface area contributed by atoms with Crippen molar-refractivity contribution in [3.63, 3.8) is 0 Å². The van der Waals surface area contributed by atoms with Crippen LogP contribution < -0.4 is 4.90 Å². The van der Waals surface area contributed by atoms with E-state index in [1.165, 1.54) is 22.4 Å². The van der Waals surface area contributed by atoms with Crippen LogP contribution in [0, 0.1) is 6.92 Å². The molecule has 0 unspecified atom stereocenters. The monoisotopic (exact) mass is 341 g/mol. The molecule has 0 N–H and O–H groups in total. The van der Waals surface area contributed by atoms with Gasteiger partial charge in [0.25, 0.3) is 0 Å². The van der Waals surface area contributed by atoms with Crippen molar-refractivity contribution in [2.75, 3.05) is 11.4 Å². The zero-order chi connectivity index (χ0) is 17.9. The number of carbonyl (C=O) groups is 1. The van der Waals surface area contributed by atoms with Gasteiger partial charge in [0.15, 0.2) is 5.78 Å². The topological polar surface area (TPSA) is 20.3 Å². The molecule has 1 aliphatic heterocycles. The maximum atomic E-state index is 13.0. The maximum absolute atomic E-state index is 13.0. The van der Waals surface area contributed by atoms with E-state index in [1.54, 1.807) is 0 Å². The SMILES string of the molecule is Cc1ccc(C(=O)C[C@H](c2ccccc2)N2CCc3ccccc32)cc1. The number of hydrogen-bond donors (Lipinski definition) is 0. The number of carbonyl (C=O) groups excluding carboxylic acids is 1.